The van der Waals surface area contributed by atoms with Crippen molar-refractivity contribution in [3.8, 4) is 5.75 Å². The van der Waals surface area contributed by atoms with Crippen LogP contribution >= 0.6 is 27.7 Å². The van der Waals surface area contributed by atoms with E-state index in [1.165, 1.54) is 5.56 Å². The summed E-state index contributed by atoms with van der Waals surface area (Å²) in [4.78, 5) is 17.8. The minimum absolute atomic E-state index is 0.285. The van der Waals surface area contributed by atoms with E-state index >= 15 is 0 Å². The molecule has 2 heterocycles. The average Bonchev–Trinajstić information content (AvgIpc) is 3.34. The maximum absolute atomic E-state index is 13.1. The molecule has 4 aromatic rings. The van der Waals surface area contributed by atoms with Gasteiger partial charge in [-0.05, 0) is 54.8 Å². The third-order valence-electron chi connectivity index (χ3n) is 6.05. The first-order valence-corrected chi connectivity index (χ1v) is 14.0. The normalized spacial score (nSPS) is 14.6. The molecule has 5 rings (SSSR count). The zero-order chi connectivity index (χ0) is 26.5. The van der Waals surface area contributed by atoms with Crippen molar-refractivity contribution in [2.24, 2.45) is 0 Å². The number of allylic oxidation sites excluding steroid dienone is 1. The second-order valence-corrected chi connectivity index (χ2v) is 10.6. The molecule has 0 saturated heterocycles. The van der Waals surface area contributed by atoms with Crippen molar-refractivity contribution in [1.82, 2.24) is 14.8 Å². The Hall–Kier alpha value is -3.56. The number of carbonyl (C=O) groups is 1. The first-order chi connectivity index (χ1) is 18.5. The highest BCUT2D eigenvalue weighted by Crippen LogP contribution is 2.37. The fourth-order valence-electron chi connectivity index (χ4n) is 4.19. The summed E-state index contributed by atoms with van der Waals surface area (Å²) in [6, 6.07) is 25.5. The van der Waals surface area contributed by atoms with Crippen molar-refractivity contribution in [3.05, 3.63) is 111 Å². The number of anilines is 1. The van der Waals surface area contributed by atoms with Crippen molar-refractivity contribution < 1.29 is 14.3 Å². The highest BCUT2D eigenvalue weighted by Gasteiger charge is 2.35. The highest BCUT2D eigenvalue weighted by atomic mass is 79.9. The molecule has 1 N–H and O–H groups in total. The number of thioether (sulfide) groups is 1. The van der Waals surface area contributed by atoms with E-state index in [9.17, 15) is 4.79 Å². The summed E-state index contributed by atoms with van der Waals surface area (Å²) >= 11 is 5.01. The van der Waals surface area contributed by atoms with Crippen LogP contribution in [0, 0.1) is 0 Å². The summed E-state index contributed by atoms with van der Waals surface area (Å²) in [5.74, 6) is 1.70. The summed E-state index contributed by atoms with van der Waals surface area (Å²) in [5.41, 5.74) is 4.35. The monoisotopic (exact) mass is 590 g/mol. The average molecular weight is 592 g/mol. The number of nitrogens with one attached hydrogen (secondary N) is 1. The lowest BCUT2D eigenvalue weighted by molar-refractivity contribution is -0.139. The molecule has 194 valence electrons. The number of hydrogen-bond donors (Lipinski definition) is 1. The topological polar surface area (TPSA) is 78.3 Å². The van der Waals surface area contributed by atoms with E-state index in [0.29, 0.717) is 29.0 Å². The SMILES string of the molecule is CCOC(=O)C1=C(C)Nc2nc(SCc3ccccc3)nn2C1c1ccc(OCc2ccc(Br)cc2)cc1. The van der Waals surface area contributed by atoms with Gasteiger partial charge < -0.3 is 14.8 Å². The summed E-state index contributed by atoms with van der Waals surface area (Å²) in [7, 11) is 0. The van der Waals surface area contributed by atoms with Crippen LogP contribution in [0.2, 0.25) is 0 Å². The van der Waals surface area contributed by atoms with Gasteiger partial charge in [-0.15, -0.1) is 5.10 Å². The minimum Gasteiger partial charge on any atom is -0.489 e. The summed E-state index contributed by atoms with van der Waals surface area (Å²) in [6.45, 7) is 4.41. The Kier molecular flexibility index (Phi) is 8.14. The Morgan fingerprint density at radius 1 is 1.03 bits per heavy atom. The maximum Gasteiger partial charge on any atom is 0.338 e. The molecule has 0 bridgehead atoms. The third-order valence-corrected chi connectivity index (χ3v) is 7.49. The van der Waals surface area contributed by atoms with Gasteiger partial charge >= 0.3 is 5.97 Å². The molecule has 0 saturated carbocycles. The van der Waals surface area contributed by atoms with Crippen molar-refractivity contribution in [1.29, 1.82) is 0 Å². The molecule has 3 aromatic carbocycles. The van der Waals surface area contributed by atoms with Gasteiger partial charge in [-0.25, -0.2) is 9.48 Å². The van der Waals surface area contributed by atoms with Gasteiger partial charge in [0, 0.05) is 15.9 Å². The molecular formula is C29H27BrN4O3S. The van der Waals surface area contributed by atoms with Crippen molar-refractivity contribution in [3.63, 3.8) is 0 Å². The molecule has 0 spiro atoms. The highest BCUT2D eigenvalue weighted by molar-refractivity contribution is 9.10. The Bertz CT molecular complexity index is 1440. The van der Waals surface area contributed by atoms with E-state index in [1.807, 2.05) is 73.7 Å². The van der Waals surface area contributed by atoms with Gasteiger partial charge in [0.15, 0.2) is 0 Å². The van der Waals surface area contributed by atoms with Crippen LogP contribution in [-0.4, -0.2) is 27.3 Å². The van der Waals surface area contributed by atoms with Crippen molar-refractivity contribution >= 4 is 39.6 Å². The van der Waals surface area contributed by atoms with Crippen LogP contribution in [0.5, 0.6) is 5.75 Å². The Morgan fingerprint density at radius 2 is 1.76 bits per heavy atom. The molecule has 0 radical (unpaired) electrons. The largest absolute Gasteiger partial charge is 0.489 e. The van der Waals surface area contributed by atoms with Gasteiger partial charge in [0.05, 0.1) is 12.2 Å². The van der Waals surface area contributed by atoms with Crippen molar-refractivity contribution in [2.45, 2.75) is 37.4 Å². The number of carbonyl (C=O) groups excluding carboxylic acids is 1. The molecule has 1 aliphatic rings. The maximum atomic E-state index is 13.1. The van der Waals surface area contributed by atoms with Crippen molar-refractivity contribution in [2.75, 3.05) is 11.9 Å². The second-order valence-electron chi connectivity index (χ2n) is 8.71. The zero-order valence-electron chi connectivity index (χ0n) is 21.1. The van der Waals surface area contributed by atoms with Gasteiger partial charge in [0.25, 0.3) is 0 Å². The number of nitrogens with zero attached hydrogens (tertiary/aromatic N) is 3. The van der Waals surface area contributed by atoms with Gasteiger partial charge in [0.1, 0.15) is 18.4 Å². The zero-order valence-corrected chi connectivity index (χ0v) is 23.5. The van der Waals surface area contributed by atoms with E-state index in [4.69, 9.17) is 19.6 Å². The number of halogens is 1. The Balaban J connectivity index is 1.40. The van der Waals surface area contributed by atoms with Gasteiger partial charge in [0.2, 0.25) is 11.1 Å². The van der Waals surface area contributed by atoms with Crippen LogP contribution in [0.1, 0.15) is 36.6 Å². The second kappa shape index (κ2) is 11.9. The smallest absolute Gasteiger partial charge is 0.338 e. The molecule has 0 fully saturated rings. The Labute approximate surface area is 234 Å². The predicted octanol–water partition coefficient (Wildman–Crippen LogP) is 6.76. The fraction of sp³-hybridized carbons (Fsp3) is 0.207. The fourth-order valence-corrected chi connectivity index (χ4v) is 5.24. The van der Waals surface area contributed by atoms with Gasteiger partial charge in [-0.1, -0.05) is 82.3 Å². The lowest BCUT2D eigenvalue weighted by atomic mass is 9.96. The minimum atomic E-state index is -0.482. The number of rotatable bonds is 9. The van der Waals surface area contributed by atoms with Gasteiger partial charge in [-0.3, -0.25) is 0 Å². The number of fused-ring (bicyclic) bond motifs is 1. The molecule has 7 nitrogen and oxygen atoms in total. The predicted molar refractivity (Wildman–Crippen MR) is 152 cm³/mol. The summed E-state index contributed by atoms with van der Waals surface area (Å²) in [6.07, 6.45) is 0. The third kappa shape index (κ3) is 5.95. The van der Waals surface area contributed by atoms with Crippen LogP contribution in [0.4, 0.5) is 5.95 Å². The van der Waals surface area contributed by atoms with Crippen LogP contribution in [-0.2, 0) is 21.9 Å². The number of esters is 1. The van der Waals surface area contributed by atoms with Gasteiger partial charge in [-0.2, -0.15) is 4.98 Å². The molecule has 38 heavy (non-hydrogen) atoms. The number of hydrogen-bond acceptors (Lipinski definition) is 7. The van der Waals surface area contributed by atoms with E-state index < -0.39 is 6.04 Å². The lowest BCUT2D eigenvalue weighted by Crippen LogP contribution is -2.29. The van der Waals surface area contributed by atoms with Crippen LogP contribution < -0.4 is 10.1 Å². The first-order valence-electron chi connectivity index (χ1n) is 12.3. The summed E-state index contributed by atoms with van der Waals surface area (Å²) in [5, 5.41) is 8.67. The van der Waals surface area contributed by atoms with Crippen LogP contribution in [0.3, 0.4) is 0 Å². The lowest BCUT2D eigenvalue weighted by Gasteiger charge is -2.28. The molecule has 1 aromatic heterocycles. The van der Waals surface area contributed by atoms with E-state index in [2.05, 4.69) is 33.4 Å². The van der Waals surface area contributed by atoms with Crippen LogP contribution in [0.25, 0.3) is 0 Å². The standard InChI is InChI=1S/C29H27BrN4O3S/c1-3-36-27(35)25-19(2)31-28-32-29(38-18-21-7-5-4-6-8-21)33-34(28)26(25)22-11-15-24(16-12-22)37-17-20-9-13-23(30)14-10-20/h4-16,26H,3,17-18H2,1-2H3,(H,31,32,33). The molecule has 0 amide bonds. The molecule has 9 heteroatoms. The van der Waals surface area contributed by atoms with E-state index in [1.54, 1.807) is 23.4 Å². The molecule has 1 unspecified atom stereocenters. The first kappa shape index (κ1) is 26.1. The molecule has 1 aliphatic heterocycles. The summed E-state index contributed by atoms with van der Waals surface area (Å²) < 4.78 is 14.2. The number of benzene rings is 3. The quantitative estimate of drug-likeness (QED) is 0.170. The molecule has 0 aliphatic carbocycles. The number of ether oxygens (including phenoxy) is 2. The number of aromatic nitrogens is 3. The Morgan fingerprint density at radius 3 is 2.47 bits per heavy atom. The molecular weight excluding hydrogens is 564 g/mol. The van der Waals surface area contributed by atoms with E-state index in [0.717, 1.165) is 27.1 Å². The van der Waals surface area contributed by atoms with E-state index in [-0.39, 0.29) is 12.6 Å². The molecule has 1 atom stereocenters. The van der Waals surface area contributed by atoms with Crippen LogP contribution in [0.15, 0.2) is 99.8 Å².